The smallest absolute Gasteiger partial charge is 0.177 e. The lowest BCUT2D eigenvalue weighted by molar-refractivity contribution is 0.0919. The number of hydrogen-bond donors (Lipinski definition) is 1. The zero-order chi connectivity index (χ0) is 12.8. The van der Waals surface area contributed by atoms with Crippen LogP contribution in [0.2, 0.25) is 0 Å². The quantitative estimate of drug-likeness (QED) is 0.764. The molecule has 0 fully saturated rings. The number of carbonyl (C=O) groups excluding carboxylic acids is 1. The van der Waals surface area contributed by atoms with Crippen LogP contribution in [0.3, 0.4) is 0 Å². The van der Waals surface area contributed by atoms with E-state index >= 15 is 0 Å². The Morgan fingerprint density at radius 1 is 1.35 bits per heavy atom. The Labute approximate surface area is 103 Å². The second-order valence-corrected chi connectivity index (χ2v) is 4.33. The van der Waals surface area contributed by atoms with Crippen molar-refractivity contribution in [1.82, 2.24) is 4.90 Å². The van der Waals surface area contributed by atoms with Crippen molar-refractivity contribution in [3.63, 3.8) is 0 Å². The summed E-state index contributed by atoms with van der Waals surface area (Å²) in [7, 11) is 0. The van der Waals surface area contributed by atoms with E-state index in [1.54, 1.807) is 0 Å². The normalized spacial score (nSPS) is 10.9. The minimum Gasteiger partial charge on any atom is -0.395 e. The van der Waals surface area contributed by atoms with Crippen LogP contribution in [0.15, 0.2) is 18.2 Å². The average Bonchev–Trinajstić information content (AvgIpc) is 2.28. The number of hydrogen-bond acceptors (Lipinski definition) is 3. The maximum atomic E-state index is 12.1. The van der Waals surface area contributed by atoms with Gasteiger partial charge in [-0.2, -0.15) is 0 Å². The highest BCUT2D eigenvalue weighted by Gasteiger charge is 2.12. The second-order valence-electron chi connectivity index (χ2n) is 4.33. The molecule has 0 aliphatic heterocycles. The number of Topliss-reactive ketones (excluding diaryl/α,β-unsaturated/α-hetero) is 1. The highest BCUT2D eigenvalue weighted by atomic mass is 16.3. The third-order valence-corrected chi connectivity index (χ3v) is 2.91. The zero-order valence-electron chi connectivity index (χ0n) is 10.9. The van der Waals surface area contributed by atoms with Crippen LogP contribution < -0.4 is 0 Å². The van der Waals surface area contributed by atoms with Crippen molar-refractivity contribution in [2.24, 2.45) is 0 Å². The van der Waals surface area contributed by atoms with Crippen molar-refractivity contribution in [3.8, 4) is 0 Å². The average molecular weight is 235 g/mol. The maximum Gasteiger partial charge on any atom is 0.177 e. The van der Waals surface area contributed by atoms with Gasteiger partial charge in [-0.3, -0.25) is 9.69 Å². The number of benzene rings is 1. The lowest BCUT2D eigenvalue weighted by Gasteiger charge is -2.18. The van der Waals surface area contributed by atoms with Gasteiger partial charge >= 0.3 is 0 Å². The Bertz CT molecular complexity index is 388. The lowest BCUT2D eigenvalue weighted by Crippen LogP contribution is -2.32. The first-order valence-corrected chi connectivity index (χ1v) is 6.02. The van der Waals surface area contributed by atoms with Gasteiger partial charge in [-0.1, -0.05) is 30.7 Å². The number of aliphatic hydroxyl groups is 1. The Hall–Kier alpha value is -1.19. The molecule has 94 valence electrons. The van der Waals surface area contributed by atoms with E-state index in [4.69, 9.17) is 5.11 Å². The monoisotopic (exact) mass is 235 g/mol. The molecule has 3 nitrogen and oxygen atoms in total. The van der Waals surface area contributed by atoms with E-state index in [1.807, 2.05) is 43.9 Å². The summed E-state index contributed by atoms with van der Waals surface area (Å²) in [5, 5.41) is 8.89. The molecule has 0 saturated heterocycles. The Morgan fingerprint density at radius 3 is 2.59 bits per heavy atom. The molecule has 0 heterocycles. The number of rotatable bonds is 6. The summed E-state index contributed by atoms with van der Waals surface area (Å²) < 4.78 is 0. The van der Waals surface area contributed by atoms with Gasteiger partial charge in [-0.05, 0) is 26.0 Å². The zero-order valence-corrected chi connectivity index (χ0v) is 10.9. The molecule has 0 spiro atoms. The first kappa shape index (κ1) is 13.9. The molecule has 1 aromatic rings. The van der Waals surface area contributed by atoms with Gasteiger partial charge in [0.2, 0.25) is 0 Å². The van der Waals surface area contributed by atoms with Crippen LogP contribution in [0.1, 0.15) is 28.4 Å². The fourth-order valence-electron chi connectivity index (χ4n) is 1.91. The van der Waals surface area contributed by atoms with E-state index in [0.29, 0.717) is 13.1 Å². The number of ketones is 1. The first-order chi connectivity index (χ1) is 8.08. The molecule has 1 aromatic carbocycles. The number of aliphatic hydroxyl groups excluding tert-OH is 1. The molecule has 1 rings (SSSR count). The fourth-order valence-corrected chi connectivity index (χ4v) is 1.91. The van der Waals surface area contributed by atoms with Crippen LogP contribution in [0, 0.1) is 13.8 Å². The van der Waals surface area contributed by atoms with Gasteiger partial charge in [0.1, 0.15) is 0 Å². The Balaban J connectivity index is 2.75. The fraction of sp³-hybridized carbons (Fsp3) is 0.500. The molecule has 3 heteroatoms. The summed E-state index contributed by atoms with van der Waals surface area (Å²) in [5.74, 6) is 0.123. The minimum atomic E-state index is 0.0913. The van der Waals surface area contributed by atoms with Crippen LogP contribution in [0.4, 0.5) is 0 Å². The number of likely N-dealkylation sites (N-methyl/N-ethyl adjacent to an activating group) is 1. The third-order valence-electron chi connectivity index (χ3n) is 2.91. The van der Waals surface area contributed by atoms with Crippen LogP contribution >= 0.6 is 0 Å². The van der Waals surface area contributed by atoms with E-state index < -0.39 is 0 Å². The molecule has 0 bridgehead atoms. The number of nitrogens with zero attached hydrogens (tertiary/aromatic N) is 1. The molecular formula is C14H21NO2. The van der Waals surface area contributed by atoms with Gasteiger partial charge in [-0.25, -0.2) is 0 Å². The van der Waals surface area contributed by atoms with Crippen LogP contribution in [-0.4, -0.2) is 42.0 Å². The summed E-state index contributed by atoms with van der Waals surface area (Å²) >= 11 is 0. The van der Waals surface area contributed by atoms with Gasteiger partial charge in [0.15, 0.2) is 5.78 Å². The van der Waals surface area contributed by atoms with E-state index in [1.165, 1.54) is 5.56 Å². The minimum absolute atomic E-state index is 0.0913. The Morgan fingerprint density at radius 2 is 2.06 bits per heavy atom. The SMILES string of the molecule is CCN(CCO)CC(=O)c1ccc(C)cc1C. The molecule has 0 radical (unpaired) electrons. The number of carbonyl (C=O) groups is 1. The van der Waals surface area contributed by atoms with Gasteiger partial charge < -0.3 is 5.11 Å². The van der Waals surface area contributed by atoms with Crippen molar-refractivity contribution in [2.45, 2.75) is 20.8 Å². The molecule has 0 unspecified atom stereocenters. The summed E-state index contributed by atoms with van der Waals surface area (Å²) in [5.41, 5.74) is 2.98. The van der Waals surface area contributed by atoms with Crippen molar-refractivity contribution in [3.05, 3.63) is 34.9 Å². The standard InChI is InChI=1S/C14H21NO2/c1-4-15(7-8-16)10-14(17)13-6-5-11(2)9-12(13)3/h5-6,9,16H,4,7-8,10H2,1-3H3. The predicted octanol–water partition coefficient (Wildman–Crippen LogP) is 1.80. The highest BCUT2D eigenvalue weighted by molar-refractivity contribution is 5.98. The number of aryl methyl sites for hydroxylation is 2. The van der Waals surface area contributed by atoms with E-state index in [9.17, 15) is 4.79 Å². The van der Waals surface area contributed by atoms with Crippen molar-refractivity contribution >= 4 is 5.78 Å². The van der Waals surface area contributed by atoms with Crippen LogP contribution in [0.25, 0.3) is 0 Å². The molecule has 0 aromatic heterocycles. The summed E-state index contributed by atoms with van der Waals surface area (Å²) in [6.07, 6.45) is 0. The van der Waals surface area contributed by atoms with E-state index in [0.717, 1.165) is 17.7 Å². The predicted molar refractivity (Wildman–Crippen MR) is 69.4 cm³/mol. The second kappa shape index (κ2) is 6.52. The first-order valence-electron chi connectivity index (χ1n) is 6.02. The van der Waals surface area contributed by atoms with Crippen molar-refractivity contribution in [2.75, 3.05) is 26.2 Å². The Kier molecular flexibility index (Phi) is 5.32. The highest BCUT2D eigenvalue weighted by Crippen LogP contribution is 2.11. The summed E-state index contributed by atoms with van der Waals surface area (Å²) in [6.45, 7) is 7.76. The van der Waals surface area contributed by atoms with Gasteiger partial charge in [0.25, 0.3) is 0 Å². The van der Waals surface area contributed by atoms with Crippen LogP contribution in [-0.2, 0) is 0 Å². The van der Waals surface area contributed by atoms with Gasteiger partial charge in [0.05, 0.1) is 13.2 Å². The van der Waals surface area contributed by atoms with Gasteiger partial charge in [-0.15, -0.1) is 0 Å². The van der Waals surface area contributed by atoms with Crippen LogP contribution in [0.5, 0.6) is 0 Å². The van der Waals surface area contributed by atoms with Gasteiger partial charge in [0, 0.05) is 12.1 Å². The summed E-state index contributed by atoms with van der Waals surface area (Å²) in [6, 6.07) is 5.87. The van der Waals surface area contributed by atoms with E-state index in [-0.39, 0.29) is 12.4 Å². The molecular weight excluding hydrogens is 214 g/mol. The van der Waals surface area contributed by atoms with E-state index in [2.05, 4.69) is 0 Å². The van der Waals surface area contributed by atoms with Crippen molar-refractivity contribution < 1.29 is 9.90 Å². The molecule has 0 saturated carbocycles. The topological polar surface area (TPSA) is 40.5 Å². The summed E-state index contributed by atoms with van der Waals surface area (Å²) in [4.78, 5) is 14.0. The molecule has 0 aliphatic carbocycles. The molecule has 17 heavy (non-hydrogen) atoms. The lowest BCUT2D eigenvalue weighted by atomic mass is 10.0. The molecule has 0 atom stereocenters. The van der Waals surface area contributed by atoms with Crippen molar-refractivity contribution in [1.29, 1.82) is 0 Å². The molecule has 0 aliphatic rings. The maximum absolute atomic E-state index is 12.1. The molecule has 1 N–H and O–H groups in total. The molecule has 0 amide bonds. The largest absolute Gasteiger partial charge is 0.395 e. The third kappa shape index (κ3) is 3.95.